The van der Waals surface area contributed by atoms with Crippen LogP contribution in [0.25, 0.3) is 16.8 Å². The quantitative estimate of drug-likeness (QED) is 0.0853. The predicted molar refractivity (Wildman–Crippen MR) is 189 cm³/mol. The molecule has 1 fully saturated rings. The number of allylic oxidation sites excluding steroid dienone is 1. The summed E-state index contributed by atoms with van der Waals surface area (Å²) in [6.07, 6.45) is 3.85. The van der Waals surface area contributed by atoms with Gasteiger partial charge in [-0.15, -0.1) is 0 Å². The van der Waals surface area contributed by atoms with Crippen LogP contribution in [-0.4, -0.2) is 51.6 Å². The molecule has 8 nitrogen and oxygen atoms in total. The number of aliphatic hydroxyl groups excluding tert-OH is 3. The summed E-state index contributed by atoms with van der Waals surface area (Å²) in [7, 11) is 0. The molecular weight excluding hydrogens is 604 g/mol. The number of rotatable bonds is 12. The summed E-state index contributed by atoms with van der Waals surface area (Å²) in [4.78, 5) is 28.8. The van der Waals surface area contributed by atoms with Gasteiger partial charge in [0.1, 0.15) is 5.75 Å². The van der Waals surface area contributed by atoms with Crippen molar-refractivity contribution in [2.24, 2.45) is 17.8 Å². The number of hydrogen-bond donors (Lipinski definition) is 5. The van der Waals surface area contributed by atoms with Crippen LogP contribution >= 0.6 is 0 Å². The second kappa shape index (κ2) is 14.6. The first-order valence-electron chi connectivity index (χ1n) is 16.7. The zero-order valence-corrected chi connectivity index (χ0v) is 27.0. The molecule has 248 valence electrons. The zero-order chi connectivity index (χ0) is 33.8. The third-order valence-electron chi connectivity index (χ3n) is 9.72. The van der Waals surface area contributed by atoms with E-state index in [1.165, 1.54) is 4.90 Å². The molecule has 0 spiro atoms. The fourth-order valence-electron chi connectivity index (χ4n) is 7.46. The zero-order valence-electron chi connectivity index (χ0n) is 27.0. The molecule has 6 rings (SSSR count). The number of nitrogens with zero attached hydrogens (tertiary/aromatic N) is 1. The molecule has 4 aromatic carbocycles. The molecule has 0 saturated carbocycles. The van der Waals surface area contributed by atoms with Gasteiger partial charge >= 0.3 is 0 Å². The van der Waals surface area contributed by atoms with Gasteiger partial charge in [-0.1, -0.05) is 73.5 Å². The minimum atomic E-state index is -1.01. The van der Waals surface area contributed by atoms with Crippen molar-refractivity contribution in [1.29, 1.82) is 0 Å². The first-order valence-corrected chi connectivity index (χ1v) is 16.7. The lowest BCUT2D eigenvalue weighted by Crippen LogP contribution is -2.39. The Morgan fingerprint density at radius 1 is 0.875 bits per heavy atom. The summed E-state index contributed by atoms with van der Waals surface area (Å²) >= 11 is 0. The summed E-state index contributed by atoms with van der Waals surface area (Å²) in [5.74, 6) is -2.89. The third-order valence-corrected chi connectivity index (χ3v) is 9.72. The van der Waals surface area contributed by atoms with E-state index in [2.05, 4.69) is 18.3 Å². The highest BCUT2D eigenvalue weighted by atomic mass is 16.3. The molecule has 2 aliphatic rings. The van der Waals surface area contributed by atoms with E-state index in [1.54, 1.807) is 18.2 Å². The molecule has 1 aliphatic heterocycles. The van der Waals surface area contributed by atoms with E-state index in [1.807, 2.05) is 72.8 Å². The third kappa shape index (κ3) is 6.52. The van der Waals surface area contributed by atoms with E-state index in [0.29, 0.717) is 29.7 Å². The van der Waals surface area contributed by atoms with E-state index in [9.17, 15) is 30.0 Å². The van der Waals surface area contributed by atoms with Gasteiger partial charge in [0.15, 0.2) is 0 Å². The average Bonchev–Trinajstić information content (AvgIpc) is 3.36. The van der Waals surface area contributed by atoms with Gasteiger partial charge in [-0.3, -0.25) is 14.5 Å². The molecule has 0 radical (unpaired) electrons. The average molecular weight is 647 g/mol. The topological polar surface area (TPSA) is 130 Å². The fourth-order valence-corrected chi connectivity index (χ4v) is 7.46. The summed E-state index contributed by atoms with van der Waals surface area (Å²) in [5, 5.41) is 48.0. The summed E-state index contributed by atoms with van der Waals surface area (Å²) in [6, 6.07) is 28.0. The van der Waals surface area contributed by atoms with Crippen molar-refractivity contribution < 1.29 is 30.0 Å². The molecule has 1 heterocycles. The molecule has 1 aliphatic carbocycles. The Kier molecular flexibility index (Phi) is 10.1. The number of carbonyl (C=O) groups excluding carboxylic acids is 2. The minimum Gasteiger partial charge on any atom is -0.507 e. The van der Waals surface area contributed by atoms with Crippen molar-refractivity contribution >= 4 is 45.7 Å². The van der Waals surface area contributed by atoms with Crippen molar-refractivity contribution in [3.8, 4) is 5.75 Å². The number of imide groups is 1. The maximum absolute atomic E-state index is 13.9. The Morgan fingerprint density at radius 3 is 2.25 bits per heavy atom. The van der Waals surface area contributed by atoms with Gasteiger partial charge in [-0.2, -0.15) is 0 Å². The van der Waals surface area contributed by atoms with Crippen LogP contribution < -0.4 is 10.2 Å². The molecule has 48 heavy (non-hydrogen) atoms. The Labute approximate surface area is 280 Å². The van der Waals surface area contributed by atoms with Gasteiger partial charge in [0.2, 0.25) is 11.8 Å². The van der Waals surface area contributed by atoms with E-state index < -0.39 is 36.4 Å². The number of amides is 2. The number of benzene rings is 4. The van der Waals surface area contributed by atoms with Gasteiger partial charge in [0.25, 0.3) is 0 Å². The fraction of sp³-hybridized carbons (Fsp3) is 0.300. The number of aromatic hydroxyl groups is 1. The Morgan fingerprint density at radius 2 is 1.56 bits per heavy atom. The summed E-state index contributed by atoms with van der Waals surface area (Å²) in [5.41, 5.74) is 5.24. The van der Waals surface area contributed by atoms with Crippen LogP contribution in [0.15, 0.2) is 108 Å². The molecular formula is C40H42N2O6. The number of anilines is 3. The molecule has 4 atom stereocenters. The van der Waals surface area contributed by atoms with Gasteiger partial charge in [0.05, 0.1) is 36.8 Å². The number of hydrogen-bond acceptors (Lipinski definition) is 7. The van der Waals surface area contributed by atoms with Gasteiger partial charge < -0.3 is 25.7 Å². The van der Waals surface area contributed by atoms with E-state index in [0.717, 1.165) is 46.1 Å². The van der Waals surface area contributed by atoms with E-state index in [-0.39, 0.29) is 24.7 Å². The Hall–Kier alpha value is -4.76. The Balaban J connectivity index is 1.21. The van der Waals surface area contributed by atoms with Gasteiger partial charge in [0, 0.05) is 22.7 Å². The Bertz CT molecular complexity index is 1850. The number of phenolic OH excluding ortho intramolecular Hbond substituents is 1. The SMILES string of the molecule is CCC/C(=C\c1ccc(O)c2ccccc12)CC[C@@H](O)C1=C(CO)C[C@H]2C(=O)N(c3ccc(Nc4ccccc4)cc3)C(=O)[C@H]2[C@H]1CO. The monoisotopic (exact) mass is 646 g/mol. The van der Waals surface area contributed by atoms with E-state index in [4.69, 9.17) is 0 Å². The van der Waals surface area contributed by atoms with Crippen LogP contribution in [0.5, 0.6) is 5.75 Å². The maximum atomic E-state index is 13.9. The lowest BCUT2D eigenvalue weighted by molar-refractivity contribution is -0.123. The van der Waals surface area contributed by atoms with Crippen molar-refractivity contribution in [3.63, 3.8) is 0 Å². The molecule has 4 aromatic rings. The molecule has 5 N–H and O–H groups in total. The molecule has 0 bridgehead atoms. The maximum Gasteiger partial charge on any atom is 0.238 e. The first-order chi connectivity index (χ1) is 23.3. The number of fused-ring (bicyclic) bond motifs is 2. The summed E-state index contributed by atoms with van der Waals surface area (Å²) < 4.78 is 0. The van der Waals surface area contributed by atoms with Crippen LogP contribution in [0.4, 0.5) is 17.1 Å². The standard InChI is InChI=1S/C40H42N2O6/c1-2-8-25(21-26-14-20-35(45)32-12-7-6-11-31(26)32)13-19-36(46)37-27(23-43)22-33-38(34(37)24-44)40(48)42(39(33)47)30-17-15-29(16-18-30)41-28-9-4-3-5-10-28/h3-7,9-12,14-18,20-21,33-34,36,38,41,43-46H,2,8,13,19,22-24H2,1H3/b25-21+/t33-,34+,36-,38-/m1/s1. The van der Waals surface area contributed by atoms with Crippen molar-refractivity contribution in [1.82, 2.24) is 0 Å². The highest BCUT2D eigenvalue weighted by molar-refractivity contribution is 6.22. The van der Waals surface area contributed by atoms with Gasteiger partial charge in [-0.25, -0.2) is 0 Å². The highest BCUT2D eigenvalue weighted by Gasteiger charge is 2.55. The van der Waals surface area contributed by atoms with Crippen molar-refractivity contribution in [3.05, 3.63) is 113 Å². The largest absolute Gasteiger partial charge is 0.507 e. The van der Waals surface area contributed by atoms with Crippen LogP contribution in [0.3, 0.4) is 0 Å². The number of carbonyl (C=O) groups is 2. The molecule has 0 aromatic heterocycles. The van der Waals surface area contributed by atoms with Crippen LogP contribution in [0.1, 0.15) is 44.6 Å². The van der Waals surface area contributed by atoms with Crippen molar-refractivity contribution in [2.75, 3.05) is 23.4 Å². The molecule has 0 unspecified atom stereocenters. The normalized spacial score (nSPS) is 20.4. The predicted octanol–water partition coefficient (Wildman–Crippen LogP) is 6.72. The van der Waals surface area contributed by atoms with Crippen LogP contribution in [-0.2, 0) is 9.59 Å². The number of nitrogens with one attached hydrogen (secondary N) is 1. The molecule has 1 saturated heterocycles. The van der Waals surface area contributed by atoms with Crippen LogP contribution in [0, 0.1) is 17.8 Å². The number of aliphatic hydroxyl groups is 3. The summed E-state index contributed by atoms with van der Waals surface area (Å²) in [6.45, 7) is 1.29. The van der Waals surface area contributed by atoms with E-state index >= 15 is 0 Å². The van der Waals surface area contributed by atoms with Crippen LogP contribution in [0.2, 0.25) is 0 Å². The second-order valence-corrected chi connectivity index (χ2v) is 12.7. The second-order valence-electron chi connectivity index (χ2n) is 12.7. The number of para-hydroxylation sites is 1. The number of phenols is 1. The first kappa shape index (κ1) is 33.2. The lowest BCUT2D eigenvalue weighted by Gasteiger charge is -2.36. The van der Waals surface area contributed by atoms with Crippen molar-refractivity contribution in [2.45, 2.75) is 45.1 Å². The molecule has 2 amide bonds. The molecule has 8 heteroatoms. The smallest absolute Gasteiger partial charge is 0.238 e. The van der Waals surface area contributed by atoms with Gasteiger partial charge in [-0.05, 0) is 90.2 Å². The highest BCUT2D eigenvalue weighted by Crippen LogP contribution is 2.47. The lowest BCUT2D eigenvalue weighted by atomic mass is 9.68. The minimum absolute atomic E-state index is 0.149.